The molecule has 1 aromatic carbocycles. The molecule has 0 aliphatic heterocycles. The summed E-state index contributed by atoms with van der Waals surface area (Å²) in [6.45, 7) is 0.273. The molecule has 120 valence electrons. The van der Waals surface area contributed by atoms with Crippen LogP contribution in [0.1, 0.15) is 25.7 Å². The van der Waals surface area contributed by atoms with Gasteiger partial charge in [-0.25, -0.2) is 8.78 Å². The number of carbonyl (C=O) groups is 2. The topological polar surface area (TPSA) is 78.4 Å². The number of benzene rings is 1. The van der Waals surface area contributed by atoms with Gasteiger partial charge in [-0.3, -0.25) is 9.59 Å². The van der Waals surface area contributed by atoms with E-state index in [4.69, 9.17) is 0 Å². The van der Waals surface area contributed by atoms with E-state index in [1.165, 1.54) is 12.1 Å². The van der Waals surface area contributed by atoms with Crippen molar-refractivity contribution >= 4 is 17.5 Å². The molecule has 1 fully saturated rings. The summed E-state index contributed by atoms with van der Waals surface area (Å²) in [5.74, 6) is -4.16. The molecule has 0 heterocycles. The Hall–Kier alpha value is -2.02. The van der Waals surface area contributed by atoms with Crippen LogP contribution in [0.15, 0.2) is 18.2 Å². The minimum absolute atomic E-state index is 0.117. The number of aliphatic hydroxyl groups is 1. The van der Waals surface area contributed by atoms with Crippen LogP contribution in [0, 0.1) is 17.6 Å². The number of aliphatic hydroxyl groups excluding tert-OH is 1. The highest BCUT2D eigenvalue weighted by Gasteiger charge is 2.22. The quantitative estimate of drug-likeness (QED) is 0.741. The SMILES string of the molecule is O=C(NCC1CCCC(O)C1)C(=O)Nc1cccc(F)c1F. The average molecular weight is 312 g/mol. The molecule has 2 rings (SSSR count). The first-order valence-corrected chi connectivity index (χ1v) is 7.18. The molecule has 0 bridgehead atoms. The standard InChI is InChI=1S/C15H18F2N2O3/c16-11-5-2-6-12(13(11)17)19-15(22)14(21)18-8-9-3-1-4-10(20)7-9/h2,5-6,9-10,20H,1,3-4,7-8H2,(H,18,21)(H,19,22). The maximum absolute atomic E-state index is 13.4. The molecule has 0 saturated heterocycles. The van der Waals surface area contributed by atoms with Crippen LogP contribution in [0.4, 0.5) is 14.5 Å². The highest BCUT2D eigenvalue weighted by molar-refractivity contribution is 6.39. The zero-order valence-electron chi connectivity index (χ0n) is 11.9. The summed E-state index contributed by atoms with van der Waals surface area (Å²) in [5, 5.41) is 14.0. The molecule has 5 nitrogen and oxygen atoms in total. The van der Waals surface area contributed by atoms with Crippen molar-refractivity contribution in [3.8, 4) is 0 Å². The van der Waals surface area contributed by atoms with Gasteiger partial charge in [0.2, 0.25) is 0 Å². The minimum Gasteiger partial charge on any atom is -0.393 e. The van der Waals surface area contributed by atoms with E-state index in [1.54, 1.807) is 0 Å². The largest absolute Gasteiger partial charge is 0.393 e. The fraction of sp³-hybridized carbons (Fsp3) is 0.467. The van der Waals surface area contributed by atoms with Crippen LogP contribution in [0.3, 0.4) is 0 Å². The van der Waals surface area contributed by atoms with Crippen LogP contribution in [0.2, 0.25) is 0 Å². The molecule has 7 heteroatoms. The number of hydrogen-bond donors (Lipinski definition) is 3. The second-order valence-corrected chi connectivity index (χ2v) is 5.45. The van der Waals surface area contributed by atoms with E-state index in [1.807, 2.05) is 5.32 Å². The van der Waals surface area contributed by atoms with Crippen molar-refractivity contribution < 1.29 is 23.5 Å². The first-order valence-electron chi connectivity index (χ1n) is 7.18. The average Bonchev–Trinajstić information content (AvgIpc) is 2.49. The fourth-order valence-corrected chi connectivity index (χ4v) is 2.54. The summed E-state index contributed by atoms with van der Waals surface area (Å²) in [5.41, 5.74) is -0.381. The van der Waals surface area contributed by atoms with Crippen LogP contribution in [0.25, 0.3) is 0 Å². The number of anilines is 1. The number of halogens is 2. The van der Waals surface area contributed by atoms with Crippen molar-refractivity contribution in [1.29, 1.82) is 0 Å². The molecule has 2 unspecified atom stereocenters. The van der Waals surface area contributed by atoms with E-state index < -0.39 is 23.4 Å². The zero-order chi connectivity index (χ0) is 16.1. The molecule has 3 N–H and O–H groups in total. The molecule has 2 atom stereocenters. The third-order valence-corrected chi connectivity index (χ3v) is 3.71. The zero-order valence-corrected chi connectivity index (χ0v) is 11.9. The second-order valence-electron chi connectivity index (χ2n) is 5.45. The van der Waals surface area contributed by atoms with E-state index >= 15 is 0 Å². The van der Waals surface area contributed by atoms with Crippen LogP contribution in [-0.4, -0.2) is 29.6 Å². The molecule has 0 radical (unpaired) electrons. The number of carbonyl (C=O) groups excluding carboxylic acids is 2. The summed E-state index contributed by atoms with van der Waals surface area (Å²) in [6, 6.07) is 3.32. The predicted octanol–water partition coefficient (Wildman–Crippen LogP) is 1.57. The Balaban J connectivity index is 1.84. The Morgan fingerprint density at radius 2 is 2.00 bits per heavy atom. The Kier molecular flexibility index (Phi) is 5.43. The van der Waals surface area contributed by atoms with Gasteiger partial charge in [-0.2, -0.15) is 0 Å². The highest BCUT2D eigenvalue weighted by Crippen LogP contribution is 2.23. The van der Waals surface area contributed by atoms with E-state index in [-0.39, 0.29) is 24.3 Å². The van der Waals surface area contributed by atoms with Gasteiger partial charge < -0.3 is 15.7 Å². The van der Waals surface area contributed by atoms with Gasteiger partial charge in [-0.05, 0) is 37.3 Å². The molecule has 0 aromatic heterocycles. The van der Waals surface area contributed by atoms with Gasteiger partial charge in [-0.15, -0.1) is 0 Å². The number of nitrogens with one attached hydrogen (secondary N) is 2. The molecule has 1 aliphatic carbocycles. The highest BCUT2D eigenvalue weighted by atomic mass is 19.2. The van der Waals surface area contributed by atoms with Crippen molar-refractivity contribution in [2.75, 3.05) is 11.9 Å². The van der Waals surface area contributed by atoms with Crippen molar-refractivity contribution in [3.05, 3.63) is 29.8 Å². The van der Waals surface area contributed by atoms with Crippen LogP contribution >= 0.6 is 0 Å². The lowest BCUT2D eigenvalue weighted by molar-refractivity contribution is -0.136. The summed E-state index contributed by atoms with van der Waals surface area (Å²) in [7, 11) is 0. The van der Waals surface area contributed by atoms with Crippen LogP contribution in [-0.2, 0) is 9.59 Å². The Morgan fingerprint density at radius 3 is 2.73 bits per heavy atom. The third kappa shape index (κ3) is 4.24. The molecular formula is C15H18F2N2O3. The van der Waals surface area contributed by atoms with Crippen molar-refractivity contribution in [3.63, 3.8) is 0 Å². The molecule has 22 heavy (non-hydrogen) atoms. The minimum atomic E-state index is -1.21. The van der Waals surface area contributed by atoms with Gasteiger partial charge in [0.05, 0.1) is 11.8 Å². The fourth-order valence-electron chi connectivity index (χ4n) is 2.54. The van der Waals surface area contributed by atoms with Crippen LogP contribution < -0.4 is 10.6 Å². The molecule has 0 spiro atoms. The number of rotatable bonds is 3. The lowest BCUT2D eigenvalue weighted by Crippen LogP contribution is -2.39. The van der Waals surface area contributed by atoms with Gasteiger partial charge in [0.15, 0.2) is 11.6 Å². The molecule has 2 amide bonds. The number of hydrogen-bond acceptors (Lipinski definition) is 3. The van der Waals surface area contributed by atoms with E-state index in [0.717, 1.165) is 25.3 Å². The maximum atomic E-state index is 13.4. The predicted molar refractivity (Wildman–Crippen MR) is 76.0 cm³/mol. The molecule has 1 saturated carbocycles. The summed E-state index contributed by atoms with van der Waals surface area (Å²) in [6.07, 6.45) is 2.72. The van der Waals surface area contributed by atoms with E-state index in [9.17, 15) is 23.5 Å². The smallest absolute Gasteiger partial charge is 0.313 e. The summed E-state index contributed by atoms with van der Waals surface area (Å²) >= 11 is 0. The lowest BCUT2D eigenvalue weighted by Gasteiger charge is -2.25. The van der Waals surface area contributed by atoms with Crippen molar-refractivity contribution in [1.82, 2.24) is 5.32 Å². The van der Waals surface area contributed by atoms with Crippen molar-refractivity contribution in [2.24, 2.45) is 5.92 Å². The Labute approximate surface area is 126 Å². The number of amides is 2. The van der Waals surface area contributed by atoms with E-state index in [2.05, 4.69) is 5.32 Å². The van der Waals surface area contributed by atoms with Gasteiger partial charge in [0, 0.05) is 6.54 Å². The van der Waals surface area contributed by atoms with Gasteiger partial charge in [0.1, 0.15) is 0 Å². The molecule has 1 aliphatic rings. The summed E-state index contributed by atoms with van der Waals surface area (Å²) < 4.78 is 26.4. The Bertz CT molecular complexity index is 566. The third-order valence-electron chi connectivity index (χ3n) is 3.71. The molecular weight excluding hydrogens is 294 g/mol. The van der Waals surface area contributed by atoms with Crippen molar-refractivity contribution in [2.45, 2.75) is 31.8 Å². The van der Waals surface area contributed by atoms with Crippen LogP contribution in [0.5, 0.6) is 0 Å². The Morgan fingerprint density at radius 1 is 1.23 bits per heavy atom. The second kappa shape index (κ2) is 7.31. The lowest BCUT2D eigenvalue weighted by atomic mass is 9.87. The summed E-state index contributed by atoms with van der Waals surface area (Å²) in [4.78, 5) is 23.3. The van der Waals surface area contributed by atoms with Gasteiger partial charge in [0.25, 0.3) is 0 Å². The normalized spacial score (nSPS) is 21.2. The first kappa shape index (κ1) is 16.4. The van der Waals surface area contributed by atoms with Gasteiger partial charge >= 0.3 is 11.8 Å². The monoisotopic (exact) mass is 312 g/mol. The first-order chi connectivity index (χ1) is 10.5. The van der Waals surface area contributed by atoms with Gasteiger partial charge in [-0.1, -0.05) is 12.5 Å². The van der Waals surface area contributed by atoms with E-state index in [0.29, 0.717) is 6.42 Å². The molecule has 1 aromatic rings. The maximum Gasteiger partial charge on any atom is 0.313 e.